The molecule has 0 aromatic heterocycles. The molecule has 6 nitrogen and oxygen atoms in total. The predicted molar refractivity (Wildman–Crippen MR) is 112 cm³/mol. The Kier molecular flexibility index (Phi) is 8.02. The van der Waals surface area contributed by atoms with Crippen LogP contribution in [0.5, 0.6) is 0 Å². The number of hydrogen-bond donors (Lipinski definition) is 3. The van der Waals surface area contributed by atoms with E-state index in [2.05, 4.69) is 34.9 Å². The van der Waals surface area contributed by atoms with E-state index in [4.69, 9.17) is 0 Å². The number of anilines is 1. The number of quaternary nitrogens is 1. The molecule has 6 heteroatoms. The molecular weight excluding hydrogens is 352 g/mol. The van der Waals surface area contributed by atoms with Gasteiger partial charge in [-0.15, -0.1) is 0 Å². The first kappa shape index (κ1) is 21.4. The first-order chi connectivity index (χ1) is 13.4. The highest BCUT2D eigenvalue weighted by atomic mass is 16.2. The van der Waals surface area contributed by atoms with Crippen LogP contribution in [0.2, 0.25) is 0 Å². The molecule has 2 aromatic rings. The van der Waals surface area contributed by atoms with E-state index in [1.807, 2.05) is 63.4 Å². The molecule has 0 spiro atoms. The number of carbonyl (C=O) groups is 2. The number of nitrogens with zero attached hydrogens (tertiary/aromatic N) is 1. The zero-order valence-corrected chi connectivity index (χ0v) is 17.2. The zero-order valence-electron chi connectivity index (χ0n) is 17.2. The molecule has 0 aliphatic heterocycles. The van der Waals surface area contributed by atoms with Gasteiger partial charge >= 0.3 is 11.8 Å². The van der Waals surface area contributed by atoms with Gasteiger partial charge in [-0.3, -0.25) is 9.59 Å². The molecule has 0 fully saturated rings. The number of nitrogens with one attached hydrogen (secondary N) is 3. The van der Waals surface area contributed by atoms with Crippen LogP contribution in [0.4, 0.5) is 5.69 Å². The molecule has 3 N–H and O–H groups in total. The van der Waals surface area contributed by atoms with Gasteiger partial charge in [0.05, 0.1) is 20.6 Å². The van der Waals surface area contributed by atoms with Gasteiger partial charge < -0.3 is 20.4 Å². The summed E-state index contributed by atoms with van der Waals surface area (Å²) < 4.78 is 0. The van der Waals surface area contributed by atoms with Crippen molar-refractivity contribution in [3.8, 4) is 0 Å². The number of rotatable bonds is 8. The van der Waals surface area contributed by atoms with Gasteiger partial charge in [-0.05, 0) is 24.1 Å². The molecule has 0 radical (unpaired) electrons. The Bertz CT molecular complexity index is 758. The molecule has 0 unspecified atom stereocenters. The minimum Gasteiger partial charge on any atom is -0.378 e. The van der Waals surface area contributed by atoms with E-state index in [0.717, 1.165) is 16.8 Å². The van der Waals surface area contributed by atoms with Gasteiger partial charge in [-0.25, -0.2) is 0 Å². The van der Waals surface area contributed by atoms with Crippen molar-refractivity contribution in [3.63, 3.8) is 0 Å². The lowest BCUT2D eigenvalue weighted by atomic mass is 10.1. The Labute approximate surface area is 167 Å². The average molecular weight is 384 g/mol. The SMILES string of the molecule is CN(C)c1ccc([C@H](CNC(=O)C(=O)NCCc2ccccc2)[NH+](C)C)cc1. The van der Waals surface area contributed by atoms with Crippen LogP contribution >= 0.6 is 0 Å². The Morgan fingerprint density at radius 1 is 0.929 bits per heavy atom. The van der Waals surface area contributed by atoms with Gasteiger partial charge in [0.25, 0.3) is 0 Å². The van der Waals surface area contributed by atoms with Crippen LogP contribution in [0, 0.1) is 0 Å². The summed E-state index contributed by atoms with van der Waals surface area (Å²) in [6.45, 7) is 0.833. The summed E-state index contributed by atoms with van der Waals surface area (Å²) in [6, 6.07) is 18.2. The van der Waals surface area contributed by atoms with Crippen molar-refractivity contribution in [2.24, 2.45) is 0 Å². The lowest BCUT2D eigenvalue weighted by Gasteiger charge is -2.23. The van der Waals surface area contributed by atoms with Crippen LogP contribution in [0.1, 0.15) is 17.2 Å². The van der Waals surface area contributed by atoms with Crippen LogP contribution in [-0.4, -0.2) is 53.1 Å². The molecule has 2 rings (SSSR count). The number of benzene rings is 2. The second-order valence-electron chi connectivity index (χ2n) is 7.32. The fourth-order valence-corrected chi connectivity index (χ4v) is 2.98. The molecule has 150 valence electrons. The molecule has 0 bridgehead atoms. The Balaban J connectivity index is 1.84. The van der Waals surface area contributed by atoms with E-state index in [1.165, 1.54) is 4.90 Å². The quantitative estimate of drug-likeness (QED) is 0.579. The summed E-state index contributed by atoms with van der Waals surface area (Å²) in [6.07, 6.45) is 0.697. The van der Waals surface area contributed by atoms with E-state index in [0.29, 0.717) is 19.5 Å². The Morgan fingerprint density at radius 2 is 1.54 bits per heavy atom. The zero-order chi connectivity index (χ0) is 20.5. The van der Waals surface area contributed by atoms with Gasteiger partial charge in [0, 0.05) is 31.9 Å². The van der Waals surface area contributed by atoms with E-state index in [-0.39, 0.29) is 6.04 Å². The van der Waals surface area contributed by atoms with Crippen molar-refractivity contribution < 1.29 is 14.5 Å². The second-order valence-corrected chi connectivity index (χ2v) is 7.32. The molecule has 2 aromatic carbocycles. The van der Waals surface area contributed by atoms with Crippen molar-refractivity contribution in [1.29, 1.82) is 0 Å². The van der Waals surface area contributed by atoms with Crippen LogP contribution in [0.3, 0.4) is 0 Å². The molecule has 28 heavy (non-hydrogen) atoms. The fourth-order valence-electron chi connectivity index (χ4n) is 2.98. The van der Waals surface area contributed by atoms with Gasteiger partial charge in [-0.1, -0.05) is 42.5 Å². The van der Waals surface area contributed by atoms with Gasteiger partial charge in [-0.2, -0.15) is 0 Å². The monoisotopic (exact) mass is 383 g/mol. The largest absolute Gasteiger partial charge is 0.378 e. The minimum atomic E-state index is -0.593. The number of likely N-dealkylation sites (N-methyl/N-ethyl adjacent to an activating group) is 1. The third-order valence-electron chi connectivity index (χ3n) is 4.72. The molecule has 2 amide bonds. The average Bonchev–Trinajstić information content (AvgIpc) is 2.68. The standard InChI is InChI=1S/C22H30N4O2/c1-25(2)19-12-10-18(11-13-19)20(26(3)4)16-24-22(28)21(27)23-15-14-17-8-6-5-7-9-17/h5-13,20H,14-16H2,1-4H3,(H,23,27)(H,24,28)/p+1/t20-/m0/s1. The predicted octanol–water partition coefficient (Wildman–Crippen LogP) is 0.413. The van der Waals surface area contributed by atoms with E-state index >= 15 is 0 Å². The van der Waals surface area contributed by atoms with Crippen molar-refractivity contribution in [3.05, 3.63) is 65.7 Å². The minimum absolute atomic E-state index is 0.0669. The summed E-state index contributed by atoms with van der Waals surface area (Å²) in [4.78, 5) is 27.4. The van der Waals surface area contributed by atoms with Crippen molar-refractivity contribution in [2.45, 2.75) is 12.5 Å². The maximum Gasteiger partial charge on any atom is 0.309 e. The molecule has 0 saturated carbocycles. The van der Waals surface area contributed by atoms with Crippen LogP contribution in [0.15, 0.2) is 54.6 Å². The summed E-state index contributed by atoms with van der Waals surface area (Å²) in [7, 11) is 8.08. The number of hydrogen-bond acceptors (Lipinski definition) is 3. The van der Waals surface area contributed by atoms with Gasteiger partial charge in [0.15, 0.2) is 0 Å². The van der Waals surface area contributed by atoms with Gasteiger partial charge in [0.1, 0.15) is 6.04 Å². The smallest absolute Gasteiger partial charge is 0.309 e. The molecule has 0 saturated heterocycles. The lowest BCUT2D eigenvalue weighted by molar-refractivity contribution is -0.890. The summed E-state index contributed by atoms with van der Waals surface area (Å²) >= 11 is 0. The van der Waals surface area contributed by atoms with Gasteiger partial charge in [0.2, 0.25) is 0 Å². The summed E-state index contributed by atoms with van der Waals surface area (Å²) in [5.74, 6) is -1.18. The third kappa shape index (κ3) is 6.39. The van der Waals surface area contributed by atoms with E-state index in [1.54, 1.807) is 0 Å². The highest BCUT2D eigenvalue weighted by molar-refractivity contribution is 6.35. The number of amides is 2. The van der Waals surface area contributed by atoms with Crippen molar-refractivity contribution >= 4 is 17.5 Å². The third-order valence-corrected chi connectivity index (χ3v) is 4.72. The van der Waals surface area contributed by atoms with Crippen LogP contribution < -0.4 is 20.4 Å². The molecule has 0 aliphatic carbocycles. The van der Waals surface area contributed by atoms with Crippen molar-refractivity contribution in [1.82, 2.24) is 10.6 Å². The summed E-state index contributed by atoms with van der Waals surface area (Å²) in [5, 5.41) is 5.45. The normalized spacial score (nSPS) is 11.8. The van der Waals surface area contributed by atoms with E-state index in [9.17, 15) is 9.59 Å². The Morgan fingerprint density at radius 3 is 2.11 bits per heavy atom. The Hall–Kier alpha value is -2.86. The highest BCUT2D eigenvalue weighted by Gasteiger charge is 2.21. The summed E-state index contributed by atoms with van der Waals surface area (Å²) in [5.41, 5.74) is 3.37. The molecule has 1 atom stereocenters. The topological polar surface area (TPSA) is 65.9 Å². The fraction of sp³-hybridized carbons (Fsp3) is 0.364. The second kappa shape index (κ2) is 10.5. The molecular formula is C22H31N4O2+. The molecule has 0 heterocycles. The number of carbonyl (C=O) groups excluding carboxylic acids is 2. The van der Waals surface area contributed by atoms with Crippen LogP contribution in [-0.2, 0) is 16.0 Å². The van der Waals surface area contributed by atoms with Crippen molar-refractivity contribution in [2.75, 3.05) is 46.2 Å². The van der Waals surface area contributed by atoms with Crippen LogP contribution in [0.25, 0.3) is 0 Å². The maximum atomic E-state index is 12.1. The first-order valence-corrected chi connectivity index (χ1v) is 9.55. The molecule has 0 aliphatic rings. The highest BCUT2D eigenvalue weighted by Crippen LogP contribution is 2.16. The maximum absolute atomic E-state index is 12.1. The first-order valence-electron chi connectivity index (χ1n) is 9.55. The lowest BCUT2D eigenvalue weighted by Crippen LogP contribution is -3.07. The van der Waals surface area contributed by atoms with E-state index < -0.39 is 11.8 Å².